The van der Waals surface area contributed by atoms with Gasteiger partial charge in [0.25, 0.3) is 0 Å². The summed E-state index contributed by atoms with van der Waals surface area (Å²) in [7, 11) is -3.80. The van der Waals surface area contributed by atoms with Gasteiger partial charge in [-0.2, -0.15) is 4.31 Å². The summed E-state index contributed by atoms with van der Waals surface area (Å²) < 4.78 is 25.8. The molecule has 108 valence electrons. The molecule has 1 aromatic rings. The van der Waals surface area contributed by atoms with Crippen LogP contribution in [0.15, 0.2) is 23.2 Å². The second kappa shape index (κ2) is 5.51. The quantitative estimate of drug-likeness (QED) is 0.593. The van der Waals surface area contributed by atoms with Crippen LogP contribution in [0, 0.1) is 10.1 Å². The van der Waals surface area contributed by atoms with E-state index in [9.17, 15) is 23.3 Å². The second-order valence-electron chi connectivity index (χ2n) is 4.11. The molecule has 20 heavy (non-hydrogen) atoms. The Morgan fingerprint density at radius 2 is 2.10 bits per heavy atom. The third kappa shape index (κ3) is 2.91. The Morgan fingerprint density at radius 3 is 2.70 bits per heavy atom. The van der Waals surface area contributed by atoms with Crippen molar-refractivity contribution in [2.75, 3.05) is 19.6 Å². The zero-order valence-corrected chi connectivity index (χ0v) is 11.2. The fraction of sp³-hybridized carbons (Fsp3) is 0.400. The molecule has 1 aromatic heterocycles. The van der Waals surface area contributed by atoms with E-state index >= 15 is 0 Å². The molecule has 1 fully saturated rings. The Morgan fingerprint density at radius 1 is 1.35 bits per heavy atom. The zero-order valence-electron chi connectivity index (χ0n) is 10.4. The molecular formula is C10H12N4O5S. The average Bonchev–Trinajstić information content (AvgIpc) is 2.64. The highest BCUT2D eigenvalue weighted by Crippen LogP contribution is 2.17. The van der Waals surface area contributed by atoms with E-state index in [1.807, 2.05) is 0 Å². The van der Waals surface area contributed by atoms with Crippen LogP contribution in [0.1, 0.15) is 6.42 Å². The van der Waals surface area contributed by atoms with Crippen molar-refractivity contribution in [3.05, 3.63) is 28.4 Å². The number of nitrogens with zero attached hydrogens (tertiary/aromatic N) is 3. The lowest BCUT2D eigenvalue weighted by molar-refractivity contribution is -0.389. The van der Waals surface area contributed by atoms with E-state index in [4.69, 9.17) is 0 Å². The molecule has 0 radical (unpaired) electrons. The number of rotatable bonds is 3. The van der Waals surface area contributed by atoms with Crippen LogP contribution < -0.4 is 5.32 Å². The molecule has 1 aliphatic heterocycles. The van der Waals surface area contributed by atoms with Crippen molar-refractivity contribution in [1.82, 2.24) is 14.6 Å². The molecule has 0 aromatic carbocycles. The van der Waals surface area contributed by atoms with Gasteiger partial charge in [0.1, 0.15) is 4.90 Å². The number of hydrogen-bond donors (Lipinski definition) is 1. The molecule has 0 spiro atoms. The fourth-order valence-corrected chi connectivity index (χ4v) is 3.16. The van der Waals surface area contributed by atoms with Crippen molar-refractivity contribution in [3.63, 3.8) is 0 Å². The second-order valence-corrected chi connectivity index (χ2v) is 6.05. The van der Waals surface area contributed by atoms with E-state index in [2.05, 4.69) is 10.3 Å². The van der Waals surface area contributed by atoms with Gasteiger partial charge in [-0.1, -0.05) is 0 Å². The van der Waals surface area contributed by atoms with Crippen LogP contribution in [-0.2, 0) is 14.8 Å². The Labute approximate surface area is 114 Å². The number of hydrogen-bond acceptors (Lipinski definition) is 6. The maximum atomic E-state index is 12.3. The molecule has 2 heterocycles. The summed E-state index contributed by atoms with van der Waals surface area (Å²) >= 11 is 0. The highest BCUT2D eigenvalue weighted by atomic mass is 32.2. The fourth-order valence-electron chi connectivity index (χ4n) is 1.77. The number of carbonyl (C=O) groups excluding carboxylic acids is 1. The van der Waals surface area contributed by atoms with Gasteiger partial charge in [0.2, 0.25) is 15.9 Å². The van der Waals surface area contributed by atoms with Crippen molar-refractivity contribution < 1.29 is 18.1 Å². The SMILES string of the molecule is O=C1CCN(S(=O)(=O)c2ccc([N+](=O)[O-])nc2)CCN1. The normalized spacial score (nSPS) is 17.3. The van der Waals surface area contributed by atoms with E-state index in [0.717, 1.165) is 22.6 Å². The number of nitro groups is 1. The van der Waals surface area contributed by atoms with Crippen molar-refractivity contribution >= 4 is 21.7 Å². The van der Waals surface area contributed by atoms with E-state index in [1.165, 1.54) is 0 Å². The Hall–Kier alpha value is -2.07. The summed E-state index contributed by atoms with van der Waals surface area (Å²) in [5, 5.41) is 13.1. The van der Waals surface area contributed by atoms with Crippen LogP contribution in [0.2, 0.25) is 0 Å². The third-order valence-electron chi connectivity index (χ3n) is 2.82. The Balaban J connectivity index is 2.25. The van der Waals surface area contributed by atoms with Gasteiger partial charge in [0.15, 0.2) is 6.20 Å². The number of sulfonamides is 1. The first-order valence-electron chi connectivity index (χ1n) is 5.78. The van der Waals surface area contributed by atoms with E-state index in [-0.39, 0.29) is 36.9 Å². The predicted molar refractivity (Wildman–Crippen MR) is 67.3 cm³/mol. The molecule has 0 unspecified atom stereocenters. The highest BCUT2D eigenvalue weighted by molar-refractivity contribution is 7.89. The van der Waals surface area contributed by atoms with Crippen LogP contribution in [0.4, 0.5) is 5.82 Å². The van der Waals surface area contributed by atoms with Gasteiger partial charge in [-0.25, -0.2) is 8.42 Å². The van der Waals surface area contributed by atoms with Crippen molar-refractivity contribution in [2.24, 2.45) is 0 Å². The first-order chi connectivity index (χ1) is 9.41. The molecule has 0 bridgehead atoms. The molecular weight excluding hydrogens is 288 g/mol. The van der Waals surface area contributed by atoms with Crippen LogP contribution in [0.25, 0.3) is 0 Å². The molecule has 1 saturated heterocycles. The van der Waals surface area contributed by atoms with Crippen molar-refractivity contribution in [3.8, 4) is 0 Å². The van der Waals surface area contributed by atoms with Crippen LogP contribution in [-0.4, -0.2) is 48.2 Å². The lowest BCUT2D eigenvalue weighted by Gasteiger charge is -2.18. The van der Waals surface area contributed by atoms with E-state index in [1.54, 1.807) is 0 Å². The first kappa shape index (κ1) is 14.3. The monoisotopic (exact) mass is 300 g/mol. The topological polar surface area (TPSA) is 123 Å². The molecule has 1 amide bonds. The number of aromatic nitrogens is 1. The molecule has 10 heteroatoms. The van der Waals surface area contributed by atoms with Gasteiger partial charge in [-0.15, -0.1) is 0 Å². The molecule has 1 N–H and O–H groups in total. The number of nitrogens with one attached hydrogen (secondary N) is 1. The maximum absolute atomic E-state index is 12.3. The molecule has 9 nitrogen and oxygen atoms in total. The van der Waals surface area contributed by atoms with Gasteiger partial charge >= 0.3 is 5.82 Å². The minimum atomic E-state index is -3.80. The van der Waals surface area contributed by atoms with Gasteiger partial charge in [-0.3, -0.25) is 4.79 Å². The summed E-state index contributed by atoms with van der Waals surface area (Å²) in [5.74, 6) is -0.624. The molecule has 1 aliphatic rings. The first-order valence-corrected chi connectivity index (χ1v) is 7.22. The molecule has 0 aliphatic carbocycles. The maximum Gasteiger partial charge on any atom is 0.363 e. The van der Waals surface area contributed by atoms with Gasteiger partial charge in [-0.05, 0) is 16.0 Å². The number of amides is 1. The summed E-state index contributed by atoms with van der Waals surface area (Å²) in [5.41, 5.74) is 0. The van der Waals surface area contributed by atoms with Crippen LogP contribution in [0.5, 0.6) is 0 Å². The smallest absolute Gasteiger partial charge is 0.358 e. The van der Waals surface area contributed by atoms with Gasteiger partial charge < -0.3 is 15.4 Å². The summed E-state index contributed by atoms with van der Waals surface area (Å²) in [6.45, 7) is 0.467. The lowest BCUT2D eigenvalue weighted by atomic mass is 10.4. The predicted octanol–water partition coefficient (Wildman–Crippen LogP) is -0.500. The van der Waals surface area contributed by atoms with E-state index in [0.29, 0.717) is 0 Å². The molecule has 0 saturated carbocycles. The lowest BCUT2D eigenvalue weighted by Crippen LogP contribution is -2.34. The third-order valence-corrected chi connectivity index (χ3v) is 4.70. The van der Waals surface area contributed by atoms with Crippen LogP contribution in [0.3, 0.4) is 0 Å². The van der Waals surface area contributed by atoms with Gasteiger partial charge in [0.05, 0.1) is 0 Å². The van der Waals surface area contributed by atoms with Crippen LogP contribution >= 0.6 is 0 Å². The zero-order chi connectivity index (χ0) is 14.8. The van der Waals surface area contributed by atoms with Gasteiger partial charge in [0, 0.05) is 32.1 Å². The standard InChI is InChI=1S/C10H12N4O5S/c15-10-3-5-13(6-4-11-10)20(18,19)8-1-2-9(12-7-8)14(16)17/h1-2,7H,3-6H2,(H,11,15). The summed E-state index contributed by atoms with van der Waals surface area (Å²) in [4.78, 5) is 24.3. The number of pyridine rings is 1. The Kier molecular flexibility index (Phi) is 3.95. The largest absolute Gasteiger partial charge is 0.363 e. The molecule has 2 rings (SSSR count). The highest BCUT2D eigenvalue weighted by Gasteiger charge is 2.28. The Bertz CT molecular complexity index is 628. The average molecular weight is 300 g/mol. The van der Waals surface area contributed by atoms with Crippen molar-refractivity contribution in [1.29, 1.82) is 0 Å². The summed E-state index contributed by atoms with van der Waals surface area (Å²) in [6, 6.07) is 2.18. The number of carbonyl (C=O) groups is 1. The van der Waals surface area contributed by atoms with E-state index < -0.39 is 20.8 Å². The van der Waals surface area contributed by atoms with Crippen molar-refractivity contribution in [2.45, 2.75) is 11.3 Å². The molecule has 0 atom stereocenters. The minimum absolute atomic E-state index is 0.0746. The minimum Gasteiger partial charge on any atom is -0.358 e. The summed E-state index contributed by atoms with van der Waals surface area (Å²) in [6.07, 6.45) is 1.03.